The molecule has 0 aromatic heterocycles. The van der Waals surface area contributed by atoms with Gasteiger partial charge in [-0.3, -0.25) is 29.4 Å². The molecule has 0 radical (unpaired) electrons. The second-order valence-corrected chi connectivity index (χ2v) is 9.42. The minimum Gasteiger partial charge on any atom is -0.378 e. The molecule has 3 heterocycles. The Kier molecular flexibility index (Phi) is 6.99. The highest BCUT2D eigenvalue weighted by Gasteiger charge is 2.37. The molecule has 11 heteroatoms. The number of non-ortho nitro benzene ring substituents is 1. The normalized spacial score (nSPS) is 21.2. The van der Waals surface area contributed by atoms with E-state index in [0.29, 0.717) is 50.9 Å². The maximum absolute atomic E-state index is 13.0. The van der Waals surface area contributed by atoms with Gasteiger partial charge < -0.3 is 14.5 Å². The number of hydrogen-bond donors (Lipinski definition) is 0. The lowest BCUT2D eigenvalue weighted by atomic mass is 9.99. The molecule has 3 saturated heterocycles. The molecule has 0 unspecified atom stereocenters. The van der Waals surface area contributed by atoms with E-state index in [9.17, 15) is 24.5 Å². The number of benzene rings is 1. The van der Waals surface area contributed by atoms with Crippen molar-refractivity contribution < 1.29 is 24.0 Å². The number of ether oxygens (including phenoxy) is 1. The smallest absolute Gasteiger partial charge is 0.294 e. The molecule has 10 nitrogen and oxygen atoms in total. The average Bonchev–Trinajstić information content (AvgIpc) is 3.07. The van der Waals surface area contributed by atoms with Gasteiger partial charge in [-0.2, -0.15) is 0 Å². The molecule has 0 bridgehead atoms. The van der Waals surface area contributed by atoms with Crippen LogP contribution >= 0.6 is 11.8 Å². The van der Waals surface area contributed by atoms with Gasteiger partial charge in [0.1, 0.15) is 6.54 Å². The molecule has 176 valence electrons. The van der Waals surface area contributed by atoms with Gasteiger partial charge in [0.15, 0.2) is 0 Å². The summed E-state index contributed by atoms with van der Waals surface area (Å²) in [5.41, 5.74) is 1.11. The minimum absolute atomic E-state index is 0.105. The number of carbonyl (C=O) groups is 3. The Labute approximate surface area is 195 Å². The summed E-state index contributed by atoms with van der Waals surface area (Å²) < 4.78 is 5.38. The zero-order valence-electron chi connectivity index (χ0n) is 18.4. The molecule has 1 aromatic carbocycles. The van der Waals surface area contributed by atoms with Crippen LogP contribution in [0.4, 0.5) is 16.2 Å². The summed E-state index contributed by atoms with van der Waals surface area (Å²) in [6, 6.07) is 4.48. The van der Waals surface area contributed by atoms with Crippen LogP contribution in [0.1, 0.15) is 25.3 Å². The molecule has 0 spiro atoms. The van der Waals surface area contributed by atoms with Crippen molar-refractivity contribution in [3.8, 4) is 0 Å². The topological polar surface area (TPSA) is 113 Å². The quantitative estimate of drug-likeness (QED) is 0.364. The summed E-state index contributed by atoms with van der Waals surface area (Å²) in [5.74, 6) is -0.234. The second-order valence-electron chi connectivity index (χ2n) is 8.43. The van der Waals surface area contributed by atoms with Gasteiger partial charge in [-0.05, 0) is 42.7 Å². The van der Waals surface area contributed by atoms with Gasteiger partial charge in [0.05, 0.1) is 23.0 Å². The number of nitro benzene ring substituents is 1. The summed E-state index contributed by atoms with van der Waals surface area (Å²) >= 11 is 0.750. The molecule has 0 atom stereocenters. The first-order valence-corrected chi connectivity index (χ1v) is 11.8. The van der Waals surface area contributed by atoms with E-state index in [0.717, 1.165) is 35.2 Å². The fourth-order valence-electron chi connectivity index (χ4n) is 4.13. The number of likely N-dealkylation sites (tertiary alicyclic amines) is 1. The standard InChI is InChI=1S/C22H26N4O6S/c1-15-4-6-24(7-5-15)20(27)14-25-21(28)19(33-22(25)29)13-16-12-17(26(30)31)2-3-18(16)23-8-10-32-11-9-23/h2-3,12-13,15H,4-11,14H2,1H3/b19-13-. The van der Waals surface area contributed by atoms with Crippen molar-refractivity contribution in [3.05, 3.63) is 38.8 Å². The first kappa shape index (κ1) is 23.2. The second kappa shape index (κ2) is 9.92. The monoisotopic (exact) mass is 474 g/mol. The third kappa shape index (κ3) is 5.19. The lowest BCUT2D eigenvalue weighted by Gasteiger charge is -2.31. The van der Waals surface area contributed by atoms with Crippen molar-refractivity contribution in [3.63, 3.8) is 0 Å². The number of nitro groups is 1. The molecule has 4 rings (SSSR count). The van der Waals surface area contributed by atoms with Crippen LogP contribution in [0.5, 0.6) is 0 Å². The maximum Gasteiger partial charge on any atom is 0.294 e. The number of amides is 3. The van der Waals surface area contributed by atoms with Gasteiger partial charge in [-0.15, -0.1) is 0 Å². The number of hydrogen-bond acceptors (Lipinski definition) is 8. The fourth-order valence-corrected chi connectivity index (χ4v) is 4.96. The fraction of sp³-hybridized carbons (Fsp3) is 0.500. The summed E-state index contributed by atoms with van der Waals surface area (Å²) in [6.07, 6.45) is 3.32. The van der Waals surface area contributed by atoms with Crippen molar-refractivity contribution in [2.24, 2.45) is 5.92 Å². The first-order valence-electron chi connectivity index (χ1n) is 11.0. The third-order valence-corrected chi connectivity index (χ3v) is 7.07. The van der Waals surface area contributed by atoms with E-state index in [1.807, 2.05) is 4.90 Å². The van der Waals surface area contributed by atoms with Crippen LogP contribution in [0, 0.1) is 16.0 Å². The predicted octanol–water partition coefficient (Wildman–Crippen LogP) is 2.73. The number of thioether (sulfide) groups is 1. The van der Waals surface area contributed by atoms with E-state index in [1.165, 1.54) is 18.2 Å². The Morgan fingerprint density at radius 1 is 1.21 bits per heavy atom. The Morgan fingerprint density at radius 2 is 1.91 bits per heavy atom. The van der Waals surface area contributed by atoms with Gasteiger partial charge in [0.2, 0.25) is 5.91 Å². The zero-order chi connectivity index (χ0) is 23.5. The summed E-state index contributed by atoms with van der Waals surface area (Å²) in [5, 5.41) is 10.8. The summed E-state index contributed by atoms with van der Waals surface area (Å²) in [6.45, 7) is 5.40. The Bertz CT molecular complexity index is 999. The molecule has 3 amide bonds. The zero-order valence-corrected chi connectivity index (χ0v) is 19.2. The number of piperidine rings is 1. The molecule has 0 N–H and O–H groups in total. The Balaban J connectivity index is 1.55. The highest BCUT2D eigenvalue weighted by Crippen LogP contribution is 2.35. The Morgan fingerprint density at radius 3 is 2.58 bits per heavy atom. The number of rotatable bonds is 5. The first-order chi connectivity index (χ1) is 15.8. The molecular formula is C22H26N4O6S. The van der Waals surface area contributed by atoms with E-state index in [1.54, 1.807) is 11.0 Å². The van der Waals surface area contributed by atoms with Gasteiger partial charge in [-0.1, -0.05) is 6.92 Å². The number of anilines is 1. The van der Waals surface area contributed by atoms with Gasteiger partial charge in [0.25, 0.3) is 16.8 Å². The number of imide groups is 1. The highest BCUT2D eigenvalue weighted by atomic mass is 32.2. The molecule has 3 aliphatic rings. The Hall–Kier alpha value is -2.92. The van der Waals surface area contributed by atoms with E-state index in [-0.39, 0.29) is 23.0 Å². The number of morpholine rings is 1. The van der Waals surface area contributed by atoms with Gasteiger partial charge in [-0.25, -0.2) is 0 Å². The lowest BCUT2D eigenvalue weighted by molar-refractivity contribution is -0.384. The van der Waals surface area contributed by atoms with Gasteiger partial charge >= 0.3 is 0 Å². The van der Waals surface area contributed by atoms with Crippen LogP contribution in [0.25, 0.3) is 6.08 Å². The molecular weight excluding hydrogens is 448 g/mol. The SMILES string of the molecule is CC1CCN(C(=O)CN2C(=O)S/C(=C\c3cc([N+](=O)[O-])ccc3N3CCOCC3)C2=O)CC1. The summed E-state index contributed by atoms with van der Waals surface area (Å²) in [4.78, 5) is 53.8. The van der Waals surface area contributed by atoms with E-state index in [4.69, 9.17) is 4.74 Å². The third-order valence-electron chi connectivity index (χ3n) is 6.16. The predicted molar refractivity (Wildman–Crippen MR) is 124 cm³/mol. The number of nitrogens with zero attached hydrogens (tertiary/aromatic N) is 4. The van der Waals surface area contributed by atoms with Crippen molar-refractivity contribution in [1.82, 2.24) is 9.80 Å². The van der Waals surface area contributed by atoms with Crippen LogP contribution < -0.4 is 4.90 Å². The lowest BCUT2D eigenvalue weighted by Crippen LogP contribution is -2.45. The van der Waals surface area contributed by atoms with Crippen LogP contribution in [0.15, 0.2) is 23.1 Å². The molecule has 3 aliphatic heterocycles. The minimum atomic E-state index is -0.553. The van der Waals surface area contributed by atoms with E-state index >= 15 is 0 Å². The molecule has 3 fully saturated rings. The van der Waals surface area contributed by atoms with E-state index < -0.39 is 16.1 Å². The van der Waals surface area contributed by atoms with Crippen molar-refractivity contribution in [1.29, 1.82) is 0 Å². The van der Waals surface area contributed by atoms with E-state index in [2.05, 4.69) is 6.92 Å². The highest BCUT2D eigenvalue weighted by molar-refractivity contribution is 8.18. The van der Waals surface area contributed by atoms with Gasteiger partial charge in [0, 0.05) is 49.6 Å². The van der Waals surface area contributed by atoms with Crippen LogP contribution in [0.3, 0.4) is 0 Å². The van der Waals surface area contributed by atoms with Crippen LogP contribution in [-0.2, 0) is 14.3 Å². The van der Waals surface area contributed by atoms with Crippen LogP contribution in [0.2, 0.25) is 0 Å². The van der Waals surface area contributed by atoms with Crippen LogP contribution in [-0.4, -0.2) is 77.7 Å². The van der Waals surface area contributed by atoms with Crippen molar-refractivity contribution in [2.75, 3.05) is 50.8 Å². The molecule has 33 heavy (non-hydrogen) atoms. The summed E-state index contributed by atoms with van der Waals surface area (Å²) in [7, 11) is 0. The molecule has 0 saturated carbocycles. The number of carbonyl (C=O) groups excluding carboxylic acids is 3. The van der Waals surface area contributed by atoms with Crippen molar-refractivity contribution >= 4 is 46.3 Å². The van der Waals surface area contributed by atoms with Crippen molar-refractivity contribution in [2.45, 2.75) is 19.8 Å². The molecule has 0 aliphatic carbocycles. The maximum atomic E-state index is 13.0. The molecule has 1 aromatic rings. The largest absolute Gasteiger partial charge is 0.378 e. The average molecular weight is 475 g/mol.